The number of carbonyl (C=O) groups excluding carboxylic acids is 1. The summed E-state index contributed by atoms with van der Waals surface area (Å²) in [7, 11) is 14.6. The third kappa shape index (κ3) is 38.0. The Bertz CT molecular complexity index is 427. The first-order valence-corrected chi connectivity index (χ1v) is 7.93. The molecule has 0 rings (SSSR count). The SMILES string of the molecule is CN(C)CC(=O)O.C[N+](C)(C)CC(=O)O.C[N+](C)(C)CC(O)CC(=O)[O-]. The molecule has 0 aromatic carbocycles. The molecular weight excluding hydrogens is 346 g/mol. The number of carbonyl (C=O) groups is 3. The van der Waals surface area contributed by atoms with Gasteiger partial charge in [-0.2, -0.15) is 0 Å². The number of carboxylic acid groups (broad SMARTS) is 3. The number of likely N-dealkylation sites (N-methyl/N-ethyl adjacent to an activating group) is 3. The molecule has 0 bridgehead atoms. The Hall–Kier alpha value is -1.75. The van der Waals surface area contributed by atoms with Gasteiger partial charge in [-0.3, -0.25) is 9.69 Å². The Kier molecular flexibility index (Phi) is 15.0. The molecule has 0 radical (unpaired) electrons. The summed E-state index contributed by atoms with van der Waals surface area (Å²) in [6.45, 7) is 0.716. The van der Waals surface area contributed by atoms with E-state index < -0.39 is 24.0 Å². The molecule has 0 aliphatic carbocycles. The van der Waals surface area contributed by atoms with Gasteiger partial charge in [0.25, 0.3) is 0 Å². The van der Waals surface area contributed by atoms with E-state index in [0.717, 1.165) is 0 Å². The van der Waals surface area contributed by atoms with E-state index in [1.807, 2.05) is 42.3 Å². The molecule has 0 amide bonds. The molecule has 1 unspecified atom stereocenters. The zero-order valence-corrected chi connectivity index (χ0v) is 17.2. The number of aliphatic carboxylic acids is 3. The van der Waals surface area contributed by atoms with Gasteiger partial charge < -0.3 is 34.2 Å². The molecule has 1 atom stereocenters. The average Bonchev–Trinajstić information content (AvgIpc) is 2.19. The van der Waals surface area contributed by atoms with Gasteiger partial charge in [0.05, 0.1) is 48.8 Å². The minimum Gasteiger partial charge on any atom is -0.550 e. The zero-order valence-electron chi connectivity index (χ0n) is 17.2. The van der Waals surface area contributed by atoms with Crippen LogP contribution in [0.2, 0.25) is 0 Å². The molecule has 0 fully saturated rings. The molecule has 0 aromatic rings. The first-order valence-electron chi connectivity index (χ1n) is 7.93. The third-order valence-electron chi connectivity index (χ3n) is 2.22. The predicted molar refractivity (Wildman–Crippen MR) is 95.3 cm³/mol. The summed E-state index contributed by atoms with van der Waals surface area (Å²) in [6.07, 6.45) is -1.09. The van der Waals surface area contributed by atoms with Gasteiger partial charge in [0.2, 0.25) is 0 Å². The average molecular weight is 382 g/mol. The lowest BCUT2D eigenvalue weighted by Gasteiger charge is -2.26. The van der Waals surface area contributed by atoms with Gasteiger partial charge in [-0.15, -0.1) is 0 Å². The molecule has 0 heterocycles. The second-order valence-electron chi connectivity index (χ2n) is 8.18. The first kappa shape index (κ1) is 29.0. The van der Waals surface area contributed by atoms with Crippen LogP contribution in [0.1, 0.15) is 6.42 Å². The molecular formula is C16H36N3O7+. The molecule has 10 heteroatoms. The van der Waals surface area contributed by atoms with Gasteiger partial charge >= 0.3 is 11.9 Å². The lowest BCUT2D eigenvalue weighted by Crippen LogP contribution is -2.43. The van der Waals surface area contributed by atoms with E-state index >= 15 is 0 Å². The van der Waals surface area contributed by atoms with Crippen LogP contribution in [0, 0.1) is 0 Å². The number of aliphatic hydroxyl groups is 1. The Balaban J connectivity index is -0.000000315. The number of hydrogen-bond donors (Lipinski definition) is 3. The van der Waals surface area contributed by atoms with Gasteiger partial charge in [0.15, 0.2) is 6.54 Å². The molecule has 10 nitrogen and oxygen atoms in total. The van der Waals surface area contributed by atoms with Gasteiger partial charge in [0, 0.05) is 12.4 Å². The molecule has 0 saturated heterocycles. The molecule has 26 heavy (non-hydrogen) atoms. The number of nitrogens with zero attached hydrogens (tertiary/aromatic N) is 3. The first-order chi connectivity index (χ1) is 11.4. The maximum atomic E-state index is 10.0. The lowest BCUT2D eigenvalue weighted by atomic mass is 10.2. The predicted octanol–water partition coefficient (Wildman–Crippen LogP) is -2.40. The summed E-state index contributed by atoms with van der Waals surface area (Å²) in [5.74, 6) is -2.74. The molecule has 3 N–H and O–H groups in total. The summed E-state index contributed by atoms with van der Waals surface area (Å²) < 4.78 is 1.03. The standard InChI is InChI=1S/C7H15NO3.C5H11NO2.C4H9NO2/c1-8(2,3)5-6(9)4-7(10)11;1-6(2,3)4-5(7)8;1-5(2)3-4(6)7/h6,9H,4-5H2,1-3H3;4H2,1-3H3;3H2,1-2H3,(H,6,7)/p+1. The van der Waals surface area contributed by atoms with Crippen molar-refractivity contribution in [2.24, 2.45) is 0 Å². The van der Waals surface area contributed by atoms with Crippen LogP contribution in [-0.2, 0) is 14.4 Å². The maximum Gasteiger partial charge on any atom is 0.359 e. The molecule has 0 saturated carbocycles. The lowest BCUT2D eigenvalue weighted by molar-refractivity contribution is -0.873. The Morgan fingerprint density at radius 3 is 1.46 bits per heavy atom. The van der Waals surface area contributed by atoms with Crippen molar-refractivity contribution in [1.82, 2.24) is 4.90 Å². The Morgan fingerprint density at radius 1 is 0.923 bits per heavy atom. The molecule has 0 aromatic heterocycles. The highest BCUT2D eigenvalue weighted by molar-refractivity contribution is 5.69. The highest BCUT2D eigenvalue weighted by Crippen LogP contribution is 1.97. The summed E-state index contributed by atoms with van der Waals surface area (Å²) in [6, 6.07) is 0. The van der Waals surface area contributed by atoms with Gasteiger partial charge in [-0.25, -0.2) is 4.79 Å². The smallest absolute Gasteiger partial charge is 0.359 e. The van der Waals surface area contributed by atoms with Gasteiger partial charge in [0.1, 0.15) is 12.6 Å². The molecule has 0 spiro atoms. The van der Waals surface area contributed by atoms with Crippen molar-refractivity contribution in [3.05, 3.63) is 0 Å². The highest BCUT2D eigenvalue weighted by Gasteiger charge is 2.15. The topological polar surface area (TPSA) is 138 Å². The van der Waals surface area contributed by atoms with Gasteiger partial charge in [-0.1, -0.05) is 0 Å². The zero-order chi connectivity index (χ0) is 21.7. The van der Waals surface area contributed by atoms with Crippen molar-refractivity contribution in [1.29, 1.82) is 0 Å². The number of carboxylic acids is 3. The van der Waals surface area contributed by atoms with Crippen molar-refractivity contribution in [2.75, 3.05) is 76.0 Å². The van der Waals surface area contributed by atoms with Crippen molar-refractivity contribution < 1.29 is 43.8 Å². The number of aliphatic hydroxyl groups excluding tert-OH is 1. The van der Waals surface area contributed by atoms with Crippen LogP contribution in [0.15, 0.2) is 0 Å². The summed E-state index contributed by atoms with van der Waals surface area (Å²) in [5, 5.41) is 35.4. The summed E-state index contributed by atoms with van der Waals surface area (Å²) >= 11 is 0. The molecule has 0 aliphatic heterocycles. The number of rotatable bonds is 8. The van der Waals surface area contributed by atoms with E-state index in [2.05, 4.69) is 0 Å². The van der Waals surface area contributed by atoms with Crippen LogP contribution in [0.25, 0.3) is 0 Å². The van der Waals surface area contributed by atoms with Crippen LogP contribution < -0.4 is 5.11 Å². The maximum absolute atomic E-state index is 10.0. The normalized spacial score (nSPS) is 12.2. The summed E-state index contributed by atoms with van der Waals surface area (Å²) in [4.78, 5) is 31.4. The van der Waals surface area contributed by atoms with E-state index in [1.54, 1.807) is 19.0 Å². The molecule has 0 aliphatic rings. The third-order valence-corrected chi connectivity index (χ3v) is 2.22. The van der Waals surface area contributed by atoms with E-state index in [-0.39, 0.29) is 19.5 Å². The quantitative estimate of drug-likeness (QED) is 0.395. The number of quaternary nitrogens is 2. The van der Waals surface area contributed by atoms with E-state index in [4.69, 9.17) is 15.3 Å². The minimum atomic E-state index is -1.20. The van der Waals surface area contributed by atoms with E-state index in [0.29, 0.717) is 15.5 Å². The van der Waals surface area contributed by atoms with E-state index in [9.17, 15) is 19.5 Å². The van der Waals surface area contributed by atoms with Crippen molar-refractivity contribution in [2.45, 2.75) is 12.5 Å². The second kappa shape index (κ2) is 13.5. The minimum absolute atomic E-state index is 0.111. The van der Waals surface area contributed by atoms with Crippen LogP contribution >= 0.6 is 0 Å². The second-order valence-corrected chi connectivity index (χ2v) is 8.18. The van der Waals surface area contributed by atoms with Crippen LogP contribution in [0.4, 0.5) is 0 Å². The van der Waals surface area contributed by atoms with Crippen LogP contribution in [-0.4, -0.2) is 129 Å². The van der Waals surface area contributed by atoms with Crippen molar-refractivity contribution >= 4 is 17.9 Å². The van der Waals surface area contributed by atoms with Crippen LogP contribution in [0.3, 0.4) is 0 Å². The van der Waals surface area contributed by atoms with Crippen molar-refractivity contribution in [3.8, 4) is 0 Å². The fraction of sp³-hybridized carbons (Fsp3) is 0.812. The van der Waals surface area contributed by atoms with Crippen LogP contribution in [0.5, 0.6) is 0 Å². The van der Waals surface area contributed by atoms with E-state index in [1.165, 1.54) is 0 Å². The fourth-order valence-corrected chi connectivity index (χ4v) is 1.57. The summed E-state index contributed by atoms with van der Waals surface area (Å²) in [5.41, 5.74) is 0. The fourth-order valence-electron chi connectivity index (χ4n) is 1.57. The number of hydrogen-bond acceptors (Lipinski definition) is 6. The largest absolute Gasteiger partial charge is 0.550 e. The monoisotopic (exact) mass is 382 g/mol. The Labute approximate surface area is 156 Å². The highest BCUT2D eigenvalue weighted by atomic mass is 16.4. The van der Waals surface area contributed by atoms with Crippen molar-refractivity contribution in [3.63, 3.8) is 0 Å². The molecule has 156 valence electrons. The van der Waals surface area contributed by atoms with Gasteiger partial charge in [-0.05, 0) is 14.1 Å². The Morgan fingerprint density at radius 2 is 1.35 bits per heavy atom.